The molecule has 1 aromatic heterocycles. The van der Waals surface area contributed by atoms with Gasteiger partial charge < -0.3 is 10.1 Å². The van der Waals surface area contributed by atoms with Crippen molar-refractivity contribution in [3.63, 3.8) is 0 Å². The average Bonchev–Trinajstić information content (AvgIpc) is 2.81. The van der Waals surface area contributed by atoms with Gasteiger partial charge in [-0.3, -0.25) is 4.79 Å². The summed E-state index contributed by atoms with van der Waals surface area (Å²) in [5.41, 5.74) is 0.952. The summed E-state index contributed by atoms with van der Waals surface area (Å²) in [5.74, 6) is -0.179. The van der Waals surface area contributed by atoms with E-state index in [4.69, 9.17) is 4.74 Å². The van der Waals surface area contributed by atoms with Crippen LogP contribution in [0.1, 0.15) is 34.8 Å². The molecule has 0 bridgehead atoms. The first kappa shape index (κ1) is 19.3. The van der Waals surface area contributed by atoms with Crippen LogP contribution in [-0.4, -0.2) is 44.8 Å². The van der Waals surface area contributed by atoms with E-state index in [1.165, 1.54) is 0 Å². The number of nitrogens with one attached hydrogen (secondary N) is 2. The molecule has 2 N–H and O–H groups in total. The smallest absolute Gasteiger partial charge is 0.223 e. The summed E-state index contributed by atoms with van der Waals surface area (Å²) in [6.07, 6.45) is 2.58. The highest BCUT2D eigenvalue weighted by Crippen LogP contribution is 2.27. The molecular weight excluding hydrogens is 350 g/mol. The summed E-state index contributed by atoms with van der Waals surface area (Å²) in [5, 5.41) is 3.96. The van der Waals surface area contributed by atoms with E-state index in [0.29, 0.717) is 25.8 Å². The Morgan fingerprint density at radius 2 is 2.08 bits per heavy atom. The summed E-state index contributed by atoms with van der Waals surface area (Å²) in [7, 11) is -1.74. The standard InChI is InChI=1S/C15H25N3O4S2/c1-9-14(23-10(2)17-9)8-16-15(19)11-5-6-12(13(7-11)22-3)18-24(4,20)21/h11-13,18H,5-8H2,1-4H3,(H,16,19)/t11-,12+,13+/m0/s1. The molecule has 0 spiro atoms. The molecule has 1 aliphatic rings. The van der Waals surface area contributed by atoms with Crippen LogP contribution in [0.15, 0.2) is 0 Å². The van der Waals surface area contributed by atoms with E-state index in [0.717, 1.165) is 21.8 Å². The number of carbonyl (C=O) groups is 1. The Balaban J connectivity index is 1.91. The van der Waals surface area contributed by atoms with Gasteiger partial charge >= 0.3 is 0 Å². The molecule has 3 atom stereocenters. The van der Waals surface area contributed by atoms with Gasteiger partial charge in [0.25, 0.3) is 0 Å². The van der Waals surface area contributed by atoms with E-state index in [2.05, 4.69) is 15.0 Å². The van der Waals surface area contributed by atoms with Crippen LogP contribution in [0.4, 0.5) is 0 Å². The molecule has 0 unspecified atom stereocenters. The Labute approximate surface area is 147 Å². The van der Waals surface area contributed by atoms with Crippen LogP contribution in [0, 0.1) is 19.8 Å². The average molecular weight is 376 g/mol. The maximum absolute atomic E-state index is 12.4. The van der Waals surface area contributed by atoms with E-state index >= 15 is 0 Å². The minimum absolute atomic E-state index is 0.0136. The van der Waals surface area contributed by atoms with Crippen LogP contribution in [0.3, 0.4) is 0 Å². The molecule has 1 amide bonds. The minimum Gasteiger partial charge on any atom is -0.380 e. The Kier molecular flexibility index (Phi) is 6.35. The zero-order chi connectivity index (χ0) is 17.9. The highest BCUT2D eigenvalue weighted by atomic mass is 32.2. The van der Waals surface area contributed by atoms with Gasteiger partial charge in [-0.25, -0.2) is 18.1 Å². The van der Waals surface area contributed by atoms with Gasteiger partial charge in [0.05, 0.1) is 29.6 Å². The summed E-state index contributed by atoms with van der Waals surface area (Å²) in [6, 6.07) is -0.277. The number of sulfonamides is 1. The molecule has 1 aliphatic carbocycles. The zero-order valence-electron chi connectivity index (χ0n) is 14.5. The van der Waals surface area contributed by atoms with Crippen molar-refractivity contribution in [1.29, 1.82) is 0 Å². The lowest BCUT2D eigenvalue weighted by molar-refractivity contribution is -0.128. The summed E-state index contributed by atoms with van der Waals surface area (Å²) < 4.78 is 30.8. The predicted molar refractivity (Wildman–Crippen MR) is 93.3 cm³/mol. The van der Waals surface area contributed by atoms with Gasteiger partial charge in [0.15, 0.2) is 0 Å². The van der Waals surface area contributed by atoms with Crippen molar-refractivity contribution in [1.82, 2.24) is 15.0 Å². The molecule has 0 radical (unpaired) electrons. The number of carbonyl (C=O) groups excluding carboxylic acids is 1. The molecule has 0 aliphatic heterocycles. The topological polar surface area (TPSA) is 97.4 Å². The number of nitrogens with zero attached hydrogens (tertiary/aromatic N) is 1. The first-order chi connectivity index (χ1) is 11.2. The van der Waals surface area contributed by atoms with Gasteiger partial charge in [-0.05, 0) is 33.1 Å². The van der Waals surface area contributed by atoms with Crippen molar-refractivity contribution in [2.75, 3.05) is 13.4 Å². The largest absolute Gasteiger partial charge is 0.380 e. The molecule has 0 saturated heterocycles. The van der Waals surface area contributed by atoms with Gasteiger partial charge in [0.1, 0.15) is 0 Å². The summed E-state index contributed by atoms with van der Waals surface area (Å²) >= 11 is 1.59. The molecule has 2 rings (SSSR count). The van der Waals surface area contributed by atoms with Crippen molar-refractivity contribution in [3.05, 3.63) is 15.6 Å². The van der Waals surface area contributed by atoms with Crippen molar-refractivity contribution in [3.8, 4) is 0 Å². The van der Waals surface area contributed by atoms with Gasteiger partial charge in [-0.1, -0.05) is 0 Å². The lowest BCUT2D eigenvalue weighted by atomic mass is 9.83. The van der Waals surface area contributed by atoms with Crippen LogP contribution in [0.25, 0.3) is 0 Å². The second kappa shape index (κ2) is 7.90. The van der Waals surface area contributed by atoms with Crippen molar-refractivity contribution < 1.29 is 17.9 Å². The third kappa shape index (κ3) is 5.23. The second-order valence-corrected chi connectivity index (χ2v) is 9.31. The number of ether oxygens (including phenoxy) is 1. The monoisotopic (exact) mass is 375 g/mol. The van der Waals surface area contributed by atoms with E-state index in [-0.39, 0.29) is 24.0 Å². The number of thiazole rings is 1. The van der Waals surface area contributed by atoms with Crippen LogP contribution in [0.5, 0.6) is 0 Å². The molecule has 7 nitrogen and oxygen atoms in total. The zero-order valence-corrected chi connectivity index (χ0v) is 16.1. The molecule has 1 aromatic rings. The second-order valence-electron chi connectivity index (χ2n) is 6.24. The predicted octanol–water partition coefficient (Wildman–Crippen LogP) is 1.11. The molecule has 24 heavy (non-hydrogen) atoms. The number of hydrogen-bond donors (Lipinski definition) is 2. The fourth-order valence-electron chi connectivity index (χ4n) is 3.09. The first-order valence-electron chi connectivity index (χ1n) is 7.90. The Morgan fingerprint density at radius 1 is 1.38 bits per heavy atom. The Hall–Kier alpha value is -1.03. The van der Waals surface area contributed by atoms with Crippen LogP contribution in [0.2, 0.25) is 0 Å². The van der Waals surface area contributed by atoms with Gasteiger partial charge in [0, 0.05) is 23.9 Å². The van der Waals surface area contributed by atoms with Crippen molar-refractivity contribution in [2.45, 2.75) is 51.8 Å². The normalized spacial score (nSPS) is 24.8. The summed E-state index contributed by atoms with van der Waals surface area (Å²) in [4.78, 5) is 17.8. The van der Waals surface area contributed by atoms with E-state index in [1.807, 2.05) is 13.8 Å². The number of amides is 1. The first-order valence-corrected chi connectivity index (χ1v) is 10.6. The van der Waals surface area contributed by atoms with Gasteiger partial charge in [-0.15, -0.1) is 11.3 Å². The SMILES string of the molecule is CO[C@@H]1C[C@@H](C(=O)NCc2sc(C)nc2C)CC[C@H]1NS(C)(=O)=O. The minimum atomic E-state index is -3.29. The third-order valence-electron chi connectivity index (χ3n) is 4.25. The molecule has 9 heteroatoms. The number of rotatable bonds is 6. The number of aromatic nitrogens is 1. The molecule has 0 aromatic carbocycles. The fourth-order valence-corrected chi connectivity index (χ4v) is 4.78. The number of methoxy groups -OCH3 is 1. The Morgan fingerprint density at radius 3 is 2.62 bits per heavy atom. The molecular formula is C15H25N3O4S2. The van der Waals surface area contributed by atoms with E-state index in [1.54, 1.807) is 18.4 Å². The Bertz CT molecular complexity index is 687. The molecule has 1 saturated carbocycles. The lowest BCUT2D eigenvalue weighted by Crippen LogP contribution is -2.49. The van der Waals surface area contributed by atoms with Crippen molar-refractivity contribution in [2.24, 2.45) is 5.92 Å². The molecule has 1 fully saturated rings. The number of hydrogen-bond acceptors (Lipinski definition) is 6. The van der Waals surface area contributed by atoms with Crippen LogP contribution >= 0.6 is 11.3 Å². The molecule has 1 heterocycles. The van der Waals surface area contributed by atoms with Crippen LogP contribution in [-0.2, 0) is 26.1 Å². The number of aryl methyl sites for hydroxylation is 2. The lowest BCUT2D eigenvalue weighted by Gasteiger charge is -2.34. The summed E-state index contributed by atoms with van der Waals surface area (Å²) in [6.45, 7) is 4.37. The van der Waals surface area contributed by atoms with E-state index in [9.17, 15) is 13.2 Å². The maximum Gasteiger partial charge on any atom is 0.223 e. The maximum atomic E-state index is 12.4. The third-order valence-corrected chi connectivity index (χ3v) is 6.06. The fraction of sp³-hybridized carbons (Fsp3) is 0.733. The van der Waals surface area contributed by atoms with E-state index < -0.39 is 10.0 Å². The highest BCUT2D eigenvalue weighted by molar-refractivity contribution is 7.88. The van der Waals surface area contributed by atoms with Crippen LogP contribution < -0.4 is 10.0 Å². The molecule has 136 valence electrons. The van der Waals surface area contributed by atoms with Gasteiger partial charge in [0.2, 0.25) is 15.9 Å². The highest BCUT2D eigenvalue weighted by Gasteiger charge is 2.35. The van der Waals surface area contributed by atoms with Crippen molar-refractivity contribution >= 4 is 27.3 Å². The van der Waals surface area contributed by atoms with Gasteiger partial charge in [-0.2, -0.15) is 0 Å². The quantitative estimate of drug-likeness (QED) is 0.776.